The van der Waals surface area contributed by atoms with E-state index in [2.05, 4.69) is 53.1 Å². The number of benzene rings is 1. The van der Waals surface area contributed by atoms with Crippen molar-refractivity contribution in [3.8, 4) is 0 Å². The summed E-state index contributed by atoms with van der Waals surface area (Å²) in [6, 6.07) is 9.39. The summed E-state index contributed by atoms with van der Waals surface area (Å²) >= 11 is 0. The number of piperidine rings is 1. The van der Waals surface area contributed by atoms with Crippen LogP contribution < -0.4 is 5.32 Å². The van der Waals surface area contributed by atoms with Crippen LogP contribution in [0.25, 0.3) is 0 Å². The predicted molar refractivity (Wildman–Crippen MR) is 191 cm³/mol. The monoisotopic (exact) mass is 726 g/mol. The second kappa shape index (κ2) is 19.2. The molecule has 286 valence electrons. The number of carboxylic acid groups (broad SMARTS) is 2. The van der Waals surface area contributed by atoms with Crippen LogP contribution in [0.4, 0.5) is 0 Å². The number of nitrogens with zero attached hydrogens (tertiary/aromatic N) is 3. The summed E-state index contributed by atoms with van der Waals surface area (Å²) < 4.78 is 17.6. The number of methoxy groups -OCH3 is 1. The van der Waals surface area contributed by atoms with Crippen LogP contribution in [0.3, 0.4) is 0 Å². The third-order valence-corrected chi connectivity index (χ3v) is 10.1. The van der Waals surface area contributed by atoms with E-state index < -0.39 is 36.1 Å². The molecule has 2 aromatic rings. The average molecular weight is 727 g/mol. The van der Waals surface area contributed by atoms with Crippen LogP contribution in [0, 0.1) is 13.8 Å². The lowest BCUT2D eigenvalue weighted by Gasteiger charge is -2.38. The van der Waals surface area contributed by atoms with Crippen LogP contribution in [-0.4, -0.2) is 116 Å². The highest BCUT2D eigenvalue weighted by Crippen LogP contribution is 2.33. The smallest absolute Gasteiger partial charge is 0.336 e. The Balaban J connectivity index is 0.000000398. The van der Waals surface area contributed by atoms with Crippen molar-refractivity contribution in [3.63, 3.8) is 0 Å². The van der Waals surface area contributed by atoms with Gasteiger partial charge in [-0.05, 0) is 70.8 Å². The molecule has 1 amide bonds. The Morgan fingerprint density at radius 1 is 1.02 bits per heavy atom. The Bertz CT molecular complexity index is 1500. The van der Waals surface area contributed by atoms with Gasteiger partial charge in [0.05, 0.1) is 37.1 Å². The maximum atomic E-state index is 13.5. The second-order valence-corrected chi connectivity index (χ2v) is 14.0. The van der Waals surface area contributed by atoms with Crippen molar-refractivity contribution in [1.82, 2.24) is 20.2 Å². The Morgan fingerprint density at radius 3 is 2.37 bits per heavy atom. The number of carbonyl (C=O) groups is 3. The highest BCUT2D eigenvalue weighted by Gasteiger charge is 2.39. The van der Waals surface area contributed by atoms with Crippen molar-refractivity contribution < 1.29 is 49.0 Å². The van der Waals surface area contributed by atoms with Crippen molar-refractivity contribution in [2.45, 2.75) is 114 Å². The number of aliphatic carboxylic acids is 2. The lowest BCUT2D eigenvalue weighted by Crippen LogP contribution is -2.54. The molecule has 5 N–H and O–H groups in total. The van der Waals surface area contributed by atoms with Crippen LogP contribution in [-0.2, 0) is 30.2 Å². The summed E-state index contributed by atoms with van der Waals surface area (Å²) in [5.74, 6) is -3.73. The van der Waals surface area contributed by atoms with Crippen LogP contribution in [0.2, 0.25) is 0 Å². The SMILES string of the molecule is C=C(O)CC(O)(CC(=O)O)C(=O)O.CO[C@H]1COCC[C@H]1NC1CCN(C(=O)c2ncnc(CC[C@H]3CCC[C@@H](c4ccc(C)cc4)O3)c2C)CC1. The van der Waals surface area contributed by atoms with Crippen LogP contribution >= 0.6 is 0 Å². The van der Waals surface area contributed by atoms with E-state index in [1.807, 2.05) is 11.8 Å². The number of rotatable bonds is 13. The fourth-order valence-electron chi connectivity index (χ4n) is 7.03. The number of hydrogen-bond donors (Lipinski definition) is 5. The van der Waals surface area contributed by atoms with Crippen molar-refractivity contribution in [3.05, 3.63) is 71.0 Å². The first-order valence-electron chi connectivity index (χ1n) is 18.0. The van der Waals surface area contributed by atoms with Crippen LogP contribution in [0.15, 0.2) is 42.9 Å². The summed E-state index contributed by atoms with van der Waals surface area (Å²) in [4.78, 5) is 45.0. The molecule has 1 aromatic carbocycles. The maximum Gasteiger partial charge on any atom is 0.336 e. The molecule has 14 nitrogen and oxygen atoms in total. The molecule has 3 aliphatic heterocycles. The van der Waals surface area contributed by atoms with E-state index in [0.717, 1.165) is 75.9 Å². The largest absolute Gasteiger partial charge is 0.513 e. The van der Waals surface area contributed by atoms with E-state index in [-0.39, 0.29) is 24.2 Å². The molecule has 52 heavy (non-hydrogen) atoms. The molecule has 0 spiro atoms. The van der Waals surface area contributed by atoms with Gasteiger partial charge in [0, 0.05) is 56.6 Å². The molecule has 1 unspecified atom stereocenters. The molecule has 4 heterocycles. The quantitative estimate of drug-likeness (QED) is 0.185. The Morgan fingerprint density at radius 2 is 1.73 bits per heavy atom. The number of aryl methyl sites for hydroxylation is 2. The number of amides is 1. The van der Waals surface area contributed by atoms with Gasteiger partial charge in [-0.3, -0.25) is 9.59 Å². The molecule has 3 fully saturated rings. The molecule has 0 radical (unpaired) electrons. The van der Waals surface area contributed by atoms with E-state index >= 15 is 0 Å². The number of likely N-dealkylation sites (tertiary alicyclic amines) is 1. The number of hydrogen-bond acceptors (Lipinski definition) is 11. The third-order valence-electron chi connectivity index (χ3n) is 10.1. The summed E-state index contributed by atoms with van der Waals surface area (Å²) in [6.45, 7) is 9.94. The molecule has 3 aliphatic rings. The normalized spacial score (nSPS) is 23.5. The Labute approximate surface area is 305 Å². The molecule has 0 bridgehead atoms. The van der Waals surface area contributed by atoms with E-state index in [1.54, 1.807) is 13.4 Å². The van der Waals surface area contributed by atoms with Gasteiger partial charge in [0.15, 0.2) is 5.60 Å². The summed E-state index contributed by atoms with van der Waals surface area (Å²) in [6.07, 6.45) is 8.14. The van der Waals surface area contributed by atoms with E-state index in [9.17, 15) is 19.5 Å². The molecular weight excluding hydrogens is 672 g/mol. The maximum absolute atomic E-state index is 13.5. The van der Waals surface area contributed by atoms with Gasteiger partial charge in [0.25, 0.3) is 5.91 Å². The second-order valence-electron chi connectivity index (χ2n) is 14.0. The van der Waals surface area contributed by atoms with Crippen molar-refractivity contribution in [1.29, 1.82) is 0 Å². The summed E-state index contributed by atoms with van der Waals surface area (Å²) in [5.41, 5.74) is 2.44. The fraction of sp³-hybridized carbons (Fsp3) is 0.605. The lowest BCUT2D eigenvalue weighted by atomic mass is 9.95. The van der Waals surface area contributed by atoms with Crippen molar-refractivity contribution in [2.24, 2.45) is 0 Å². The van der Waals surface area contributed by atoms with Gasteiger partial charge in [-0.15, -0.1) is 0 Å². The highest BCUT2D eigenvalue weighted by molar-refractivity contribution is 5.93. The number of carbonyl (C=O) groups excluding carboxylic acids is 1. The Hall–Kier alpha value is -3.95. The van der Waals surface area contributed by atoms with Crippen LogP contribution in [0.5, 0.6) is 0 Å². The topological polar surface area (TPSA) is 201 Å². The number of carboxylic acids is 2. The molecule has 14 heteroatoms. The number of aliphatic hydroxyl groups excluding tert-OH is 1. The zero-order valence-electron chi connectivity index (χ0n) is 30.5. The van der Waals surface area contributed by atoms with Gasteiger partial charge in [0.1, 0.15) is 12.0 Å². The van der Waals surface area contributed by atoms with Gasteiger partial charge in [0.2, 0.25) is 0 Å². The van der Waals surface area contributed by atoms with Gasteiger partial charge in [-0.1, -0.05) is 36.4 Å². The third kappa shape index (κ3) is 11.5. The molecule has 3 saturated heterocycles. The van der Waals surface area contributed by atoms with Gasteiger partial charge < -0.3 is 44.9 Å². The number of nitrogens with one attached hydrogen (secondary N) is 1. The highest BCUT2D eigenvalue weighted by atomic mass is 16.5. The molecule has 5 atom stereocenters. The number of aromatic nitrogens is 2. The molecular formula is C38H54N4O10. The summed E-state index contributed by atoms with van der Waals surface area (Å²) in [5, 5.41) is 38.4. The lowest BCUT2D eigenvalue weighted by molar-refractivity contribution is -0.165. The van der Waals surface area contributed by atoms with E-state index in [1.165, 1.54) is 17.5 Å². The minimum Gasteiger partial charge on any atom is -0.513 e. The first-order valence-corrected chi connectivity index (χ1v) is 18.0. The van der Waals surface area contributed by atoms with Crippen molar-refractivity contribution >= 4 is 17.8 Å². The predicted octanol–water partition coefficient (Wildman–Crippen LogP) is 4.07. The molecule has 1 aromatic heterocycles. The van der Waals surface area contributed by atoms with Crippen LogP contribution in [0.1, 0.15) is 96.8 Å². The average Bonchev–Trinajstić information content (AvgIpc) is 3.11. The minimum atomic E-state index is -2.49. The molecule has 5 rings (SSSR count). The van der Waals surface area contributed by atoms with Crippen molar-refractivity contribution in [2.75, 3.05) is 33.4 Å². The number of aliphatic hydroxyl groups is 2. The first kappa shape index (κ1) is 40.8. The fourth-order valence-corrected chi connectivity index (χ4v) is 7.03. The van der Waals surface area contributed by atoms with E-state index in [0.29, 0.717) is 24.4 Å². The van der Waals surface area contributed by atoms with Gasteiger partial charge in [-0.2, -0.15) is 0 Å². The van der Waals surface area contributed by atoms with E-state index in [4.69, 9.17) is 29.5 Å². The zero-order chi connectivity index (χ0) is 37.8. The van der Waals surface area contributed by atoms with Gasteiger partial charge in [-0.25, -0.2) is 14.8 Å². The standard InChI is InChI=1S/C31H44N4O4.C7H10O6/c1-21-7-9-23(10-8-21)28-6-4-5-25(39-28)11-12-26-22(2)30(33-20-32-26)31(36)35-16-13-24(14-17-35)34-27-15-18-38-19-29(27)37-3;1-4(8)2-7(13,6(11)12)3-5(9)10/h7-10,20,24-25,27-29,34H,4-6,11-19H2,1-3H3;8,13H,1-3H2,(H,9,10)(H,11,12)/t25-,27-,28+,29+;/m1./s1. The zero-order valence-corrected chi connectivity index (χ0v) is 30.5. The molecule has 0 saturated carbocycles. The summed E-state index contributed by atoms with van der Waals surface area (Å²) in [7, 11) is 1.75. The molecule has 0 aliphatic carbocycles. The number of ether oxygens (including phenoxy) is 3. The first-order chi connectivity index (χ1) is 24.8. The minimum absolute atomic E-state index is 0.0174. The van der Waals surface area contributed by atoms with Gasteiger partial charge >= 0.3 is 11.9 Å². The Kier molecular flexibility index (Phi) is 15.1.